The number of carbonyl (C=O) groups excluding carboxylic acids is 2. The zero-order valence-electron chi connectivity index (χ0n) is 19.0. The first-order chi connectivity index (χ1) is 14.7. The number of nitrogens with one attached hydrogen (secondary N) is 2. The van der Waals surface area contributed by atoms with Gasteiger partial charge in [-0.1, -0.05) is 0 Å². The van der Waals surface area contributed by atoms with Crippen LogP contribution in [0.25, 0.3) is 0 Å². The van der Waals surface area contributed by atoms with Gasteiger partial charge in [0.05, 0.1) is 23.2 Å². The number of aromatic nitrogens is 2. The number of ether oxygens (including phenoxy) is 1. The van der Waals surface area contributed by atoms with E-state index < -0.39 is 5.97 Å². The number of nitrogens with zero attached hydrogens (tertiary/aromatic N) is 3. The summed E-state index contributed by atoms with van der Waals surface area (Å²) in [7, 11) is 1.32. The quantitative estimate of drug-likeness (QED) is 0.333. The predicted octanol–water partition coefficient (Wildman–Crippen LogP) is 3.52. The Kier molecular flexibility index (Phi) is 9.00. The summed E-state index contributed by atoms with van der Waals surface area (Å²) in [6, 6.07) is 2.05. The van der Waals surface area contributed by atoms with E-state index >= 15 is 0 Å². The van der Waals surface area contributed by atoms with Gasteiger partial charge in [-0.2, -0.15) is 5.10 Å². The third kappa shape index (κ3) is 6.04. The van der Waals surface area contributed by atoms with Crippen molar-refractivity contribution in [3.05, 3.63) is 33.5 Å². The average Bonchev–Trinajstić information content (AvgIpc) is 3.23. The Morgan fingerprint density at radius 3 is 2.48 bits per heavy atom. The lowest BCUT2D eigenvalue weighted by atomic mass is 10.1. The second kappa shape index (κ2) is 11.2. The molecule has 1 amide bonds. The molecule has 0 aliphatic heterocycles. The fourth-order valence-corrected chi connectivity index (χ4v) is 4.72. The molecule has 2 heterocycles. The maximum atomic E-state index is 12.9. The summed E-state index contributed by atoms with van der Waals surface area (Å²) in [4.78, 5) is 27.5. The van der Waals surface area contributed by atoms with Gasteiger partial charge in [0.1, 0.15) is 5.00 Å². The van der Waals surface area contributed by atoms with Crippen molar-refractivity contribution in [2.45, 2.75) is 47.6 Å². The van der Waals surface area contributed by atoms with Gasteiger partial charge < -0.3 is 20.3 Å². The van der Waals surface area contributed by atoms with E-state index in [2.05, 4.69) is 15.7 Å². The Balaban J connectivity index is 2.07. The second-order valence-corrected chi connectivity index (χ2v) is 8.54. The molecule has 2 aromatic rings. The van der Waals surface area contributed by atoms with Crippen LogP contribution in [0.5, 0.6) is 0 Å². The number of aryl methyl sites for hydroxylation is 3. The van der Waals surface area contributed by atoms with Crippen LogP contribution in [0, 0.1) is 20.8 Å². The standard InChI is InChI=1S/C21H31N5O3S2/c1-7-25(8-2)19(27)17-15(5)16(20(28)29-6)18(31-17)23-21(30)22-10-9-11-26-14(4)12-13(3)24-26/h12H,7-11H2,1-6H3,(H2,22,23,30). The maximum Gasteiger partial charge on any atom is 0.341 e. The highest BCUT2D eigenvalue weighted by Crippen LogP contribution is 2.34. The number of methoxy groups -OCH3 is 1. The van der Waals surface area contributed by atoms with E-state index in [1.54, 1.807) is 11.8 Å². The molecule has 170 valence electrons. The molecule has 10 heteroatoms. The van der Waals surface area contributed by atoms with E-state index in [4.69, 9.17) is 17.0 Å². The van der Waals surface area contributed by atoms with Crippen LogP contribution in [0.2, 0.25) is 0 Å². The summed E-state index contributed by atoms with van der Waals surface area (Å²) in [5, 5.41) is 11.6. The highest BCUT2D eigenvalue weighted by atomic mass is 32.1. The molecule has 0 radical (unpaired) electrons. The lowest BCUT2D eigenvalue weighted by Gasteiger charge is -2.17. The van der Waals surface area contributed by atoms with Gasteiger partial charge in [0.2, 0.25) is 0 Å². The molecule has 31 heavy (non-hydrogen) atoms. The lowest BCUT2D eigenvalue weighted by molar-refractivity contribution is 0.0601. The molecule has 0 atom stereocenters. The molecule has 0 saturated heterocycles. The van der Waals surface area contributed by atoms with E-state index in [-0.39, 0.29) is 5.91 Å². The Labute approximate surface area is 193 Å². The first kappa shape index (κ1) is 24.8. The summed E-state index contributed by atoms with van der Waals surface area (Å²) in [6.07, 6.45) is 0.836. The summed E-state index contributed by atoms with van der Waals surface area (Å²) < 4.78 is 6.90. The number of hydrogen-bond donors (Lipinski definition) is 2. The van der Waals surface area contributed by atoms with Crippen molar-refractivity contribution in [2.75, 3.05) is 32.1 Å². The highest BCUT2D eigenvalue weighted by Gasteiger charge is 2.27. The second-order valence-electron chi connectivity index (χ2n) is 7.11. The monoisotopic (exact) mass is 465 g/mol. The van der Waals surface area contributed by atoms with Crippen LogP contribution in [0.3, 0.4) is 0 Å². The van der Waals surface area contributed by atoms with Crippen LogP contribution in [-0.2, 0) is 11.3 Å². The van der Waals surface area contributed by atoms with Crippen LogP contribution in [0.1, 0.15) is 57.2 Å². The molecule has 0 aliphatic rings. The van der Waals surface area contributed by atoms with Crippen LogP contribution < -0.4 is 10.6 Å². The zero-order chi connectivity index (χ0) is 23.1. The van der Waals surface area contributed by atoms with Crippen molar-refractivity contribution in [2.24, 2.45) is 0 Å². The fraction of sp³-hybridized carbons (Fsp3) is 0.524. The van der Waals surface area contributed by atoms with E-state index in [1.807, 2.05) is 38.4 Å². The number of thiocarbonyl (C=S) groups is 1. The average molecular weight is 466 g/mol. The van der Waals surface area contributed by atoms with Gasteiger partial charge >= 0.3 is 5.97 Å². The summed E-state index contributed by atoms with van der Waals surface area (Å²) >= 11 is 6.63. The topological polar surface area (TPSA) is 88.5 Å². The van der Waals surface area contributed by atoms with E-state index in [9.17, 15) is 9.59 Å². The minimum atomic E-state index is -0.498. The number of hydrogen-bond acceptors (Lipinski definition) is 6. The van der Waals surface area contributed by atoms with Crippen molar-refractivity contribution >= 4 is 45.5 Å². The predicted molar refractivity (Wildman–Crippen MR) is 128 cm³/mol. The maximum absolute atomic E-state index is 12.9. The van der Waals surface area contributed by atoms with Gasteiger partial charge in [0, 0.05) is 31.9 Å². The fourth-order valence-electron chi connectivity index (χ4n) is 3.29. The Morgan fingerprint density at radius 1 is 1.26 bits per heavy atom. The molecule has 0 aromatic carbocycles. The minimum Gasteiger partial charge on any atom is -0.465 e. The van der Waals surface area contributed by atoms with E-state index in [0.29, 0.717) is 45.8 Å². The molecule has 0 fully saturated rings. The molecular formula is C21H31N5O3S2. The van der Waals surface area contributed by atoms with E-state index in [0.717, 1.165) is 24.4 Å². The number of esters is 1. The van der Waals surface area contributed by atoms with Crippen molar-refractivity contribution < 1.29 is 14.3 Å². The lowest BCUT2D eigenvalue weighted by Crippen LogP contribution is -2.30. The SMILES string of the molecule is CCN(CC)C(=O)c1sc(NC(=S)NCCCn2nc(C)cc2C)c(C(=O)OC)c1C. The summed E-state index contributed by atoms with van der Waals surface area (Å²) in [5.41, 5.74) is 3.07. The van der Waals surface area contributed by atoms with Crippen molar-refractivity contribution in [3.8, 4) is 0 Å². The van der Waals surface area contributed by atoms with Crippen LogP contribution in [0.15, 0.2) is 6.07 Å². The number of anilines is 1. The molecule has 0 bridgehead atoms. The molecule has 2 N–H and O–H groups in total. The van der Waals surface area contributed by atoms with Gasteiger partial charge in [-0.05, 0) is 64.9 Å². The number of carbonyl (C=O) groups is 2. The summed E-state index contributed by atoms with van der Waals surface area (Å²) in [5.74, 6) is -0.600. The zero-order valence-corrected chi connectivity index (χ0v) is 20.6. The third-order valence-corrected chi connectivity index (χ3v) is 6.39. The smallest absolute Gasteiger partial charge is 0.341 e. The molecule has 2 aromatic heterocycles. The van der Waals surface area contributed by atoms with Crippen LogP contribution in [0.4, 0.5) is 5.00 Å². The molecular weight excluding hydrogens is 434 g/mol. The molecule has 0 aliphatic carbocycles. The molecule has 8 nitrogen and oxygen atoms in total. The highest BCUT2D eigenvalue weighted by molar-refractivity contribution is 7.80. The number of amides is 1. The Morgan fingerprint density at radius 2 is 1.94 bits per heavy atom. The molecule has 0 unspecified atom stereocenters. The Hall–Kier alpha value is -2.46. The minimum absolute atomic E-state index is 0.102. The van der Waals surface area contributed by atoms with Gasteiger partial charge in [0.15, 0.2) is 5.11 Å². The van der Waals surface area contributed by atoms with E-state index in [1.165, 1.54) is 18.4 Å². The Bertz CT molecular complexity index is 947. The van der Waals surface area contributed by atoms with Crippen molar-refractivity contribution in [1.29, 1.82) is 0 Å². The third-order valence-electron chi connectivity index (χ3n) is 4.94. The van der Waals surface area contributed by atoms with Crippen LogP contribution in [-0.4, -0.2) is 58.4 Å². The molecule has 2 rings (SSSR count). The molecule has 0 spiro atoms. The molecule has 0 saturated carbocycles. The van der Waals surface area contributed by atoms with Gasteiger partial charge in [-0.15, -0.1) is 11.3 Å². The van der Waals surface area contributed by atoms with Gasteiger partial charge in [0.25, 0.3) is 5.91 Å². The summed E-state index contributed by atoms with van der Waals surface area (Å²) in [6.45, 7) is 12.2. The number of rotatable bonds is 9. The van der Waals surface area contributed by atoms with Gasteiger partial charge in [-0.3, -0.25) is 9.48 Å². The van der Waals surface area contributed by atoms with Crippen LogP contribution >= 0.6 is 23.6 Å². The first-order valence-electron chi connectivity index (χ1n) is 10.3. The van der Waals surface area contributed by atoms with Crippen molar-refractivity contribution in [1.82, 2.24) is 20.0 Å². The van der Waals surface area contributed by atoms with Crippen molar-refractivity contribution in [3.63, 3.8) is 0 Å². The first-order valence-corrected chi connectivity index (χ1v) is 11.5. The van der Waals surface area contributed by atoms with Gasteiger partial charge in [-0.25, -0.2) is 4.79 Å². The largest absolute Gasteiger partial charge is 0.465 e. The normalized spacial score (nSPS) is 10.6. The number of thiophene rings is 1.